The molecular weight excluding hydrogens is 320 g/mol. The zero-order chi connectivity index (χ0) is 15.1. The molecule has 1 aliphatic heterocycles. The van der Waals surface area contributed by atoms with E-state index < -0.39 is 0 Å². The molecule has 0 N–H and O–H groups in total. The molecule has 0 radical (unpaired) electrons. The van der Waals surface area contributed by atoms with Gasteiger partial charge in [-0.1, -0.05) is 29.0 Å². The van der Waals surface area contributed by atoms with E-state index in [-0.39, 0.29) is 6.10 Å². The Labute approximate surface area is 138 Å². The molecule has 1 amide bonds. The lowest BCUT2D eigenvalue weighted by molar-refractivity contribution is -0.134. The third-order valence-corrected chi connectivity index (χ3v) is 5.51. The van der Waals surface area contributed by atoms with Gasteiger partial charge in [-0.3, -0.25) is 4.79 Å². The number of benzene rings is 1. The van der Waals surface area contributed by atoms with Gasteiger partial charge in [-0.25, -0.2) is 4.98 Å². The molecular formula is C16H17ClN2O2S. The van der Waals surface area contributed by atoms with Crippen LogP contribution in [0.2, 0.25) is 5.02 Å². The van der Waals surface area contributed by atoms with Gasteiger partial charge in [0.1, 0.15) is 11.6 Å². The number of nitrogens with zero attached hydrogens (tertiary/aromatic N) is 2. The number of para-hydroxylation sites is 1. The molecule has 4 nitrogen and oxygen atoms in total. The number of piperidine rings is 1. The van der Waals surface area contributed by atoms with E-state index in [4.69, 9.17) is 16.3 Å². The van der Waals surface area contributed by atoms with E-state index in [0.29, 0.717) is 22.0 Å². The van der Waals surface area contributed by atoms with Gasteiger partial charge < -0.3 is 9.64 Å². The summed E-state index contributed by atoms with van der Waals surface area (Å²) in [4.78, 5) is 18.5. The molecule has 2 aliphatic rings. The van der Waals surface area contributed by atoms with E-state index in [1.54, 1.807) is 0 Å². The van der Waals surface area contributed by atoms with E-state index >= 15 is 0 Å². The molecule has 22 heavy (non-hydrogen) atoms. The van der Waals surface area contributed by atoms with Gasteiger partial charge in [-0.15, -0.1) is 0 Å². The van der Waals surface area contributed by atoms with E-state index in [2.05, 4.69) is 4.98 Å². The van der Waals surface area contributed by atoms with Gasteiger partial charge in [0.15, 0.2) is 0 Å². The normalized spacial score (nSPS) is 19.6. The highest BCUT2D eigenvalue weighted by Gasteiger charge is 2.35. The molecule has 1 saturated carbocycles. The lowest BCUT2D eigenvalue weighted by atomic mass is 10.1. The predicted octanol–water partition coefficient (Wildman–Crippen LogP) is 3.73. The average Bonchev–Trinajstić information content (AvgIpc) is 3.29. The minimum Gasteiger partial charge on any atom is -0.467 e. The second kappa shape index (κ2) is 5.70. The summed E-state index contributed by atoms with van der Waals surface area (Å²) >= 11 is 7.68. The fourth-order valence-corrected chi connectivity index (χ4v) is 4.05. The fourth-order valence-electron chi connectivity index (χ4n) is 2.87. The Balaban J connectivity index is 1.39. The lowest BCUT2D eigenvalue weighted by Gasteiger charge is -2.31. The van der Waals surface area contributed by atoms with Crippen LogP contribution in [-0.4, -0.2) is 35.0 Å². The number of fused-ring (bicyclic) bond motifs is 1. The highest BCUT2D eigenvalue weighted by molar-refractivity contribution is 7.20. The van der Waals surface area contributed by atoms with Crippen LogP contribution in [0.1, 0.15) is 25.7 Å². The Morgan fingerprint density at radius 1 is 1.27 bits per heavy atom. The van der Waals surface area contributed by atoms with Crippen molar-refractivity contribution in [3.8, 4) is 5.19 Å². The maximum atomic E-state index is 12.0. The molecule has 2 aromatic rings. The van der Waals surface area contributed by atoms with E-state index in [0.717, 1.165) is 49.0 Å². The molecule has 2 fully saturated rings. The number of thiazole rings is 1. The van der Waals surface area contributed by atoms with Crippen molar-refractivity contribution in [2.45, 2.75) is 31.8 Å². The van der Waals surface area contributed by atoms with Crippen molar-refractivity contribution in [2.24, 2.45) is 5.92 Å². The zero-order valence-electron chi connectivity index (χ0n) is 12.1. The van der Waals surface area contributed by atoms with Gasteiger partial charge >= 0.3 is 0 Å². The van der Waals surface area contributed by atoms with Crippen molar-refractivity contribution in [2.75, 3.05) is 13.1 Å². The van der Waals surface area contributed by atoms with Crippen LogP contribution < -0.4 is 4.74 Å². The molecule has 0 atom stereocenters. The Bertz CT molecular complexity index is 705. The fraction of sp³-hybridized carbons (Fsp3) is 0.500. The standard InChI is InChI=1S/C16H17ClN2O2S/c17-12-2-1-3-13-14(12)18-16(22-13)21-11-6-8-19(9-7-11)15(20)10-4-5-10/h1-3,10-11H,4-9H2. The van der Waals surface area contributed by atoms with Crippen LogP contribution >= 0.6 is 22.9 Å². The molecule has 2 heterocycles. The number of halogens is 1. The molecule has 0 bridgehead atoms. The molecule has 1 aliphatic carbocycles. The van der Waals surface area contributed by atoms with Crippen LogP contribution in [0.15, 0.2) is 18.2 Å². The van der Waals surface area contributed by atoms with Crippen molar-refractivity contribution in [1.82, 2.24) is 9.88 Å². The first-order valence-corrected chi connectivity index (χ1v) is 8.90. The number of carbonyl (C=O) groups is 1. The minimum atomic E-state index is 0.141. The molecule has 1 aromatic carbocycles. The molecule has 4 rings (SSSR count). The predicted molar refractivity (Wildman–Crippen MR) is 87.6 cm³/mol. The van der Waals surface area contributed by atoms with Crippen LogP contribution in [0.3, 0.4) is 0 Å². The van der Waals surface area contributed by atoms with Crippen LogP contribution in [-0.2, 0) is 4.79 Å². The smallest absolute Gasteiger partial charge is 0.274 e. The van der Waals surface area contributed by atoms with Crippen LogP contribution in [0.25, 0.3) is 10.2 Å². The molecule has 116 valence electrons. The van der Waals surface area contributed by atoms with Gasteiger partial charge in [0.25, 0.3) is 5.19 Å². The number of ether oxygens (including phenoxy) is 1. The van der Waals surface area contributed by atoms with Gasteiger partial charge in [-0.2, -0.15) is 0 Å². The Kier molecular flexibility index (Phi) is 3.70. The second-order valence-corrected chi connectivity index (χ2v) is 7.38. The number of amides is 1. The molecule has 6 heteroatoms. The number of aromatic nitrogens is 1. The van der Waals surface area contributed by atoms with Gasteiger partial charge in [0, 0.05) is 31.8 Å². The molecule has 1 saturated heterocycles. The second-order valence-electron chi connectivity index (χ2n) is 5.98. The number of hydrogen-bond donors (Lipinski definition) is 0. The first-order chi connectivity index (χ1) is 10.7. The van der Waals surface area contributed by atoms with Crippen molar-refractivity contribution in [1.29, 1.82) is 0 Å². The number of likely N-dealkylation sites (tertiary alicyclic amines) is 1. The van der Waals surface area contributed by atoms with Gasteiger partial charge in [0.05, 0.1) is 9.72 Å². The first kappa shape index (κ1) is 14.3. The highest BCUT2D eigenvalue weighted by atomic mass is 35.5. The third-order valence-electron chi connectivity index (χ3n) is 4.30. The van der Waals surface area contributed by atoms with E-state index in [9.17, 15) is 4.79 Å². The van der Waals surface area contributed by atoms with Crippen LogP contribution in [0.5, 0.6) is 5.19 Å². The Morgan fingerprint density at radius 3 is 2.73 bits per heavy atom. The zero-order valence-corrected chi connectivity index (χ0v) is 13.7. The summed E-state index contributed by atoms with van der Waals surface area (Å²) in [6.45, 7) is 1.59. The maximum Gasteiger partial charge on any atom is 0.274 e. The SMILES string of the molecule is O=C(C1CC1)N1CCC(Oc2nc3c(Cl)cccc3s2)CC1. The number of carbonyl (C=O) groups excluding carboxylic acids is 1. The van der Waals surface area contributed by atoms with Crippen molar-refractivity contribution in [3.05, 3.63) is 23.2 Å². The Morgan fingerprint density at radius 2 is 2.05 bits per heavy atom. The van der Waals surface area contributed by atoms with Gasteiger partial charge in [0.2, 0.25) is 5.91 Å². The summed E-state index contributed by atoms with van der Waals surface area (Å²) < 4.78 is 7.06. The lowest BCUT2D eigenvalue weighted by Crippen LogP contribution is -2.42. The summed E-state index contributed by atoms with van der Waals surface area (Å²) in [7, 11) is 0. The highest BCUT2D eigenvalue weighted by Crippen LogP contribution is 2.34. The van der Waals surface area contributed by atoms with Crippen molar-refractivity contribution < 1.29 is 9.53 Å². The summed E-state index contributed by atoms with van der Waals surface area (Å²) in [6, 6.07) is 5.77. The topological polar surface area (TPSA) is 42.4 Å². The third kappa shape index (κ3) is 2.79. The van der Waals surface area contributed by atoms with Crippen molar-refractivity contribution >= 4 is 39.1 Å². The van der Waals surface area contributed by atoms with Crippen LogP contribution in [0.4, 0.5) is 0 Å². The largest absolute Gasteiger partial charge is 0.467 e. The summed E-state index contributed by atoms with van der Waals surface area (Å²) in [6.07, 6.45) is 4.04. The summed E-state index contributed by atoms with van der Waals surface area (Å²) in [5.41, 5.74) is 0.811. The number of rotatable bonds is 3. The maximum absolute atomic E-state index is 12.0. The van der Waals surface area contributed by atoms with Crippen LogP contribution in [0, 0.1) is 5.92 Å². The monoisotopic (exact) mass is 336 g/mol. The average molecular weight is 337 g/mol. The number of hydrogen-bond acceptors (Lipinski definition) is 4. The minimum absolute atomic E-state index is 0.141. The molecule has 0 spiro atoms. The summed E-state index contributed by atoms with van der Waals surface area (Å²) in [5, 5.41) is 1.34. The van der Waals surface area contributed by atoms with Crippen molar-refractivity contribution in [3.63, 3.8) is 0 Å². The quantitative estimate of drug-likeness (QED) is 0.857. The van der Waals surface area contributed by atoms with E-state index in [1.165, 1.54) is 11.3 Å². The van der Waals surface area contributed by atoms with Gasteiger partial charge in [-0.05, 0) is 25.0 Å². The summed E-state index contributed by atoms with van der Waals surface area (Å²) in [5.74, 6) is 0.647. The Hall–Kier alpha value is -1.33. The first-order valence-electron chi connectivity index (χ1n) is 7.71. The van der Waals surface area contributed by atoms with E-state index in [1.807, 2.05) is 23.1 Å². The molecule has 1 aromatic heterocycles. The molecule has 0 unspecified atom stereocenters.